The third kappa shape index (κ3) is 2.88. The van der Waals surface area contributed by atoms with Crippen LogP contribution in [0.15, 0.2) is 48.5 Å². The highest BCUT2D eigenvalue weighted by molar-refractivity contribution is 5.81. The summed E-state index contributed by atoms with van der Waals surface area (Å²) in [6, 6.07) is 13.6. The molecule has 1 heterocycles. The summed E-state index contributed by atoms with van der Waals surface area (Å²) in [6.07, 6.45) is -0.716. The van der Waals surface area contributed by atoms with Crippen LogP contribution in [0.3, 0.4) is 0 Å². The lowest BCUT2D eigenvalue weighted by Crippen LogP contribution is -2.44. The van der Waals surface area contributed by atoms with Crippen LogP contribution in [0.4, 0.5) is 4.39 Å². The van der Waals surface area contributed by atoms with Crippen LogP contribution in [0.1, 0.15) is 5.56 Å². The van der Waals surface area contributed by atoms with E-state index in [1.165, 1.54) is 11.0 Å². The fourth-order valence-electron chi connectivity index (χ4n) is 2.35. The van der Waals surface area contributed by atoms with Gasteiger partial charge < -0.3 is 14.4 Å². The summed E-state index contributed by atoms with van der Waals surface area (Å²) >= 11 is 0. The van der Waals surface area contributed by atoms with Gasteiger partial charge in [-0.2, -0.15) is 0 Å². The van der Waals surface area contributed by atoms with Crippen LogP contribution in [0.25, 0.3) is 0 Å². The number of benzene rings is 2. The molecule has 0 aromatic heterocycles. The van der Waals surface area contributed by atoms with Crippen molar-refractivity contribution in [3.63, 3.8) is 0 Å². The molecule has 0 fully saturated rings. The largest absolute Gasteiger partial charge is 0.485 e. The van der Waals surface area contributed by atoms with Gasteiger partial charge in [0.05, 0.1) is 0 Å². The van der Waals surface area contributed by atoms with Crippen LogP contribution >= 0.6 is 0 Å². The molecule has 0 bridgehead atoms. The number of fused-ring (bicyclic) bond motifs is 1. The Kier molecular flexibility index (Phi) is 3.96. The highest BCUT2D eigenvalue weighted by Crippen LogP contribution is 2.31. The molecule has 0 spiro atoms. The van der Waals surface area contributed by atoms with E-state index in [1.807, 2.05) is 12.1 Å². The predicted molar refractivity (Wildman–Crippen MR) is 79.2 cm³/mol. The fraction of sp³-hybridized carbons (Fsp3) is 0.235. The van der Waals surface area contributed by atoms with Gasteiger partial charge in [-0.3, -0.25) is 4.79 Å². The molecule has 4 nitrogen and oxygen atoms in total. The number of rotatable bonds is 3. The highest BCUT2D eigenvalue weighted by atomic mass is 19.1. The third-order valence-corrected chi connectivity index (χ3v) is 3.53. The predicted octanol–water partition coefficient (Wildman–Crippen LogP) is 2.62. The minimum Gasteiger partial charge on any atom is -0.485 e. The molecule has 5 heteroatoms. The average Bonchev–Trinajstić information content (AvgIpc) is 2.55. The van der Waals surface area contributed by atoms with Crippen LogP contribution in [0.5, 0.6) is 11.5 Å². The molecule has 1 aliphatic heterocycles. The zero-order valence-electron chi connectivity index (χ0n) is 12.2. The van der Waals surface area contributed by atoms with Crippen molar-refractivity contribution in [3.8, 4) is 11.5 Å². The van der Waals surface area contributed by atoms with Crippen molar-refractivity contribution < 1.29 is 18.7 Å². The summed E-state index contributed by atoms with van der Waals surface area (Å²) in [5.74, 6) is 0.612. The van der Waals surface area contributed by atoms with Crippen LogP contribution in [-0.4, -0.2) is 30.6 Å². The third-order valence-electron chi connectivity index (χ3n) is 3.53. The maximum absolute atomic E-state index is 13.7. The summed E-state index contributed by atoms with van der Waals surface area (Å²) in [7, 11) is 1.62. The number of likely N-dealkylation sites (N-methyl/N-ethyl adjacent to an activating group) is 1. The molecule has 114 valence electrons. The Hall–Kier alpha value is -2.56. The summed E-state index contributed by atoms with van der Waals surface area (Å²) in [5, 5.41) is 0. The van der Waals surface area contributed by atoms with E-state index in [0.717, 1.165) is 0 Å². The van der Waals surface area contributed by atoms with Crippen LogP contribution in [0, 0.1) is 5.82 Å². The van der Waals surface area contributed by atoms with E-state index < -0.39 is 6.10 Å². The number of para-hydroxylation sites is 2. The van der Waals surface area contributed by atoms with Crippen molar-refractivity contribution >= 4 is 5.91 Å². The Labute approximate surface area is 128 Å². The SMILES string of the molecule is CN(Cc1ccccc1F)C(=O)C1COc2ccccc2O1. The Balaban J connectivity index is 1.68. The molecule has 3 rings (SSSR count). The number of carbonyl (C=O) groups excluding carboxylic acids is 1. The Bertz CT molecular complexity index is 689. The second-order valence-electron chi connectivity index (χ2n) is 5.15. The van der Waals surface area contributed by atoms with Gasteiger partial charge in [-0.05, 0) is 18.2 Å². The Morgan fingerprint density at radius 2 is 1.86 bits per heavy atom. The molecule has 0 aliphatic carbocycles. The standard InChI is InChI=1S/C17H16FNO3/c1-19(10-12-6-2-3-7-13(12)18)17(20)16-11-21-14-8-4-5-9-15(14)22-16/h2-9,16H,10-11H2,1H3. The van der Waals surface area contributed by atoms with Gasteiger partial charge in [0.2, 0.25) is 6.10 Å². The normalized spacial score (nSPS) is 16.2. The molecule has 0 radical (unpaired) electrons. The van der Waals surface area contributed by atoms with E-state index in [0.29, 0.717) is 17.1 Å². The molecule has 1 amide bonds. The van der Waals surface area contributed by atoms with Gasteiger partial charge in [0.1, 0.15) is 12.4 Å². The van der Waals surface area contributed by atoms with Gasteiger partial charge in [-0.15, -0.1) is 0 Å². The first-order valence-electron chi connectivity index (χ1n) is 7.02. The van der Waals surface area contributed by atoms with E-state index in [2.05, 4.69) is 0 Å². The van der Waals surface area contributed by atoms with Gasteiger partial charge in [-0.25, -0.2) is 4.39 Å². The van der Waals surface area contributed by atoms with Crippen molar-refractivity contribution in [3.05, 3.63) is 59.9 Å². The second-order valence-corrected chi connectivity index (χ2v) is 5.15. The first-order valence-corrected chi connectivity index (χ1v) is 7.02. The number of hydrogen-bond donors (Lipinski definition) is 0. The Morgan fingerprint density at radius 1 is 1.18 bits per heavy atom. The van der Waals surface area contributed by atoms with Crippen molar-refractivity contribution in [2.45, 2.75) is 12.6 Å². The summed E-state index contributed by atoms with van der Waals surface area (Å²) in [5.41, 5.74) is 0.468. The lowest BCUT2D eigenvalue weighted by Gasteiger charge is -2.28. The molecule has 2 aromatic carbocycles. The molecule has 1 atom stereocenters. The zero-order valence-corrected chi connectivity index (χ0v) is 12.2. The second kappa shape index (κ2) is 6.05. The molecule has 0 saturated heterocycles. The number of nitrogens with zero attached hydrogens (tertiary/aromatic N) is 1. The number of hydrogen-bond acceptors (Lipinski definition) is 3. The topological polar surface area (TPSA) is 38.8 Å². The van der Waals surface area contributed by atoms with Gasteiger partial charge in [-0.1, -0.05) is 30.3 Å². The van der Waals surface area contributed by atoms with E-state index >= 15 is 0 Å². The highest BCUT2D eigenvalue weighted by Gasteiger charge is 2.29. The van der Waals surface area contributed by atoms with Crippen molar-refractivity contribution in [2.24, 2.45) is 0 Å². The summed E-state index contributed by atoms with van der Waals surface area (Å²) in [4.78, 5) is 13.9. The number of amides is 1. The first-order chi connectivity index (χ1) is 10.6. The molecule has 1 aliphatic rings. The molecule has 0 saturated carbocycles. The molecular weight excluding hydrogens is 285 g/mol. The van der Waals surface area contributed by atoms with Gasteiger partial charge in [0.25, 0.3) is 5.91 Å². The van der Waals surface area contributed by atoms with E-state index in [-0.39, 0.29) is 24.9 Å². The van der Waals surface area contributed by atoms with E-state index in [4.69, 9.17) is 9.47 Å². The monoisotopic (exact) mass is 301 g/mol. The van der Waals surface area contributed by atoms with Crippen LogP contribution in [0.2, 0.25) is 0 Å². The molecule has 2 aromatic rings. The lowest BCUT2D eigenvalue weighted by atomic mass is 10.2. The Morgan fingerprint density at radius 3 is 2.64 bits per heavy atom. The number of halogens is 1. The van der Waals surface area contributed by atoms with Gasteiger partial charge in [0.15, 0.2) is 11.5 Å². The minimum absolute atomic E-state index is 0.150. The number of ether oxygens (including phenoxy) is 2. The van der Waals surface area contributed by atoms with Crippen molar-refractivity contribution in [2.75, 3.05) is 13.7 Å². The fourth-order valence-corrected chi connectivity index (χ4v) is 2.35. The summed E-state index contributed by atoms with van der Waals surface area (Å²) in [6.45, 7) is 0.338. The maximum atomic E-state index is 13.7. The van der Waals surface area contributed by atoms with E-state index in [9.17, 15) is 9.18 Å². The van der Waals surface area contributed by atoms with Crippen molar-refractivity contribution in [1.82, 2.24) is 4.90 Å². The summed E-state index contributed by atoms with van der Waals surface area (Å²) < 4.78 is 24.9. The maximum Gasteiger partial charge on any atom is 0.267 e. The van der Waals surface area contributed by atoms with Gasteiger partial charge in [0, 0.05) is 19.2 Å². The van der Waals surface area contributed by atoms with Gasteiger partial charge >= 0.3 is 0 Å². The lowest BCUT2D eigenvalue weighted by molar-refractivity contribution is -0.140. The molecule has 1 unspecified atom stereocenters. The quantitative estimate of drug-likeness (QED) is 0.875. The van der Waals surface area contributed by atoms with Crippen LogP contribution < -0.4 is 9.47 Å². The zero-order chi connectivity index (χ0) is 15.5. The molecule has 0 N–H and O–H groups in total. The van der Waals surface area contributed by atoms with Crippen molar-refractivity contribution in [1.29, 1.82) is 0 Å². The number of carbonyl (C=O) groups is 1. The molecular formula is C17H16FNO3. The average molecular weight is 301 g/mol. The molecule has 22 heavy (non-hydrogen) atoms. The smallest absolute Gasteiger partial charge is 0.267 e. The van der Waals surface area contributed by atoms with E-state index in [1.54, 1.807) is 37.4 Å². The van der Waals surface area contributed by atoms with Crippen LogP contribution in [-0.2, 0) is 11.3 Å². The minimum atomic E-state index is -0.716. The first kappa shape index (κ1) is 14.4.